The van der Waals surface area contributed by atoms with Crippen LogP contribution in [0, 0.1) is 5.92 Å². The van der Waals surface area contributed by atoms with E-state index in [1.807, 2.05) is 0 Å². The summed E-state index contributed by atoms with van der Waals surface area (Å²) >= 11 is 1.79. The molecule has 1 aliphatic carbocycles. The maximum atomic E-state index is 6.04. The average Bonchev–Trinajstić information content (AvgIpc) is 2.86. The molecule has 0 aliphatic heterocycles. The predicted octanol–water partition coefficient (Wildman–Crippen LogP) is 3.12. The Morgan fingerprint density at radius 1 is 1.39 bits per heavy atom. The number of nitrogens with zero attached hydrogens (tertiary/aromatic N) is 2. The second-order valence-electron chi connectivity index (χ2n) is 5.34. The normalized spacial score (nSPS) is 26.2. The molecule has 0 bridgehead atoms. The van der Waals surface area contributed by atoms with Crippen molar-refractivity contribution in [1.29, 1.82) is 0 Å². The van der Waals surface area contributed by atoms with Crippen LogP contribution in [-0.4, -0.2) is 22.1 Å². The molecule has 1 heterocycles. The minimum atomic E-state index is -0.110. The third-order valence-corrected chi connectivity index (χ3v) is 4.43. The molecule has 1 unspecified atom stereocenters. The van der Waals surface area contributed by atoms with Crippen molar-refractivity contribution in [2.75, 3.05) is 12.0 Å². The van der Waals surface area contributed by atoms with E-state index < -0.39 is 0 Å². The van der Waals surface area contributed by atoms with Crippen LogP contribution in [0.25, 0.3) is 0 Å². The smallest absolute Gasteiger partial charge is 0.243 e. The maximum absolute atomic E-state index is 6.04. The summed E-state index contributed by atoms with van der Waals surface area (Å²) in [5, 5.41) is 4.12. The van der Waals surface area contributed by atoms with E-state index in [9.17, 15) is 0 Å². The zero-order valence-electron chi connectivity index (χ0n) is 11.3. The fourth-order valence-corrected chi connectivity index (χ4v) is 2.94. The van der Waals surface area contributed by atoms with Gasteiger partial charge >= 0.3 is 0 Å². The van der Waals surface area contributed by atoms with Crippen molar-refractivity contribution in [2.24, 2.45) is 11.7 Å². The Bertz CT molecular complexity index is 361. The first-order valence-corrected chi connectivity index (χ1v) is 8.18. The van der Waals surface area contributed by atoms with Gasteiger partial charge in [0, 0.05) is 5.92 Å². The molecule has 2 rings (SSSR count). The summed E-state index contributed by atoms with van der Waals surface area (Å²) in [7, 11) is 0. The second-order valence-corrected chi connectivity index (χ2v) is 6.32. The van der Waals surface area contributed by atoms with E-state index in [1.165, 1.54) is 25.7 Å². The van der Waals surface area contributed by atoms with Gasteiger partial charge in [-0.05, 0) is 37.2 Å². The lowest BCUT2D eigenvalue weighted by Gasteiger charge is -2.23. The molecule has 0 radical (unpaired) electrons. The molecule has 0 amide bonds. The number of thioether (sulfide) groups is 1. The summed E-state index contributed by atoms with van der Waals surface area (Å²) in [6.07, 6.45) is 7.88. The first-order valence-electron chi connectivity index (χ1n) is 6.78. The first-order chi connectivity index (χ1) is 8.70. The van der Waals surface area contributed by atoms with Crippen molar-refractivity contribution in [3.8, 4) is 0 Å². The number of rotatable bonds is 5. The fourth-order valence-electron chi connectivity index (χ4n) is 2.45. The Labute approximate surface area is 113 Å². The third-order valence-electron chi connectivity index (χ3n) is 3.79. The summed E-state index contributed by atoms with van der Waals surface area (Å²) in [6.45, 7) is 2.32. The van der Waals surface area contributed by atoms with Crippen LogP contribution in [0.3, 0.4) is 0 Å². The number of hydrogen-bond donors (Lipinski definition) is 1. The summed E-state index contributed by atoms with van der Waals surface area (Å²) in [4.78, 5) is 4.50. The van der Waals surface area contributed by atoms with E-state index in [-0.39, 0.29) is 6.04 Å². The predicted molar refractivity (Wildman–Crippen MR) is 74.6 cm³/mol. The van der Waals surface area contributed by atoms with Gasteiger partial charge in [0.15, 0.2) is 5.82 Å². The Morgan fingerprint density at radius 2 is 2.11 bits per heavy atom. The maximum Gasteiger partial charge on any atom is 0.243 e. The molecule has 18 heavy (non-hydrogen) atoms. The van der Waals surface area contributed by atoms with Crippen LogP contribution in [-0.2, 0) is 0 Å². The topological polar surface area (TPSA) is 64.9 Å². The van der Waals surface area contributed by atoms with Gasteiger partial charge in [0.25, 0.3) is 0 Å². The highest BCUT2D eigenvalue weighted by molar-refractivity contribution is 7.98. The first kappa shape index (κ1) is 13.9. The van der Waals surface area contributed by atoms with Gasteiger partial charge in [-0.2, -0.15) is 16.7 Å². The highest BCUT2D eigenvalue weighted by Crippen LogP contribution is 2.34. The largest absolute Gasteiger partial charge is 0.338 e. The van der Waals surface area contributed by atoms with E-state index in [1.54, 1.807) is 11.8 Å². The zero-order chi connectivity index (χ0) is 13.0. The van der Waals surface area contributed by atoms with Crippen LogP contribution in [0.2, 0.25) is 0 Å². The van der Waals surface area contributed by atoms with E-state index >= 15 is 0 Å². The van der Waals surface area contributed by atoms with Gasteiger partial charge in [-0.3, -0.25) is 0 Å². The van der Waals surface area contributed by atoms with Crippen molar-refractivity contribution >= 4 is 11.8 Å². The molecule has 1 aliphatic rings. The lowest BCUT2D eigenvalue weighted by Crippen LogP contribution is -2.14. The molecule has 1 aromatic rings. The molecule has 1 atom stereocenters. The molecule has 1 aromatic heterocycles. The van der Waals surface area contributed by atoms with Crippen molar-refractivity contribution in [3.63, 3.8) is 0 Å². The second kappa shape index (κ2) is 6.57. The van der Waals surface area contributed by atoms with Gasteiger partial charge in [-0.15, -0.1) is 0 Å². The number of nitrogens with two attached hydrogens (primary N) is 1. The average molecular weight is 269 g/mol. The van der Waals surface area contributed by atoms with Crippen LogP contribution in [0.1, 0.15) is 62.7 Å². The monoisotopic (exact) mass is 269 g/mol. The van der Waals surface area contributed by atoms with Crippen LogP contribution in [0.4, 0.5) is 0 Å². The SMILES string of the molecule is CSCCC(N)c1nc(C2CCC(C)CC2)no1. The summed E-state index contributed by atoms with van der Waals surface area (Å²) in [5.74, 6) is 3.83. The minimum Gasteiger partial charge on any atom is -0.338 e. The van der Waals surface area contributed by atoms with Gasteiger partial charge in [-0.1, -0.05) is 24.9 Å². The highest BCUT2D eigenvalue weighted by atomic mass is 32.2. The van der Waals surface area contributed by atoms with Gasteiger partial charge in [0.1, 0.15) is 0 Å². The van der Waals surface area contributed by atoms with Crippen LogP contribution in [0.15, 0.2) is 4.52 Å². The summed E-state index contributed by atoms with van der Waals surface area (Å²) < 4.78 is 5.31. The molecule has 4 nitrogen and oxygen atoms in total. The van der Waals surface area contributed by atoms with Crippen LogP contribution in [0.5, 0.6) is 0 Å². The molecule has 2 N–H and O–H groups in total. The van der Waals surface area contributed by atoms with Crippen molar-refractivity contribution < 1.29 is 4.52 Å². The van der Waals surface area contributed by atoms with Gasteiger partial charge < -0.3 is 10.3 Å². The molecule has 0 aromatic carbocycles. The molecule has 102 valence electrons. The Morgan fingerprint density at radius 3 is 2.78 bits per heavy atom. The standard InChI is InChI=1S/C13H23N3OS/c1-9-3-5-10(6-4-9)12-15-13(17-16-12)11(14)7-8-18-2/h9-11H,3-8,14H2,1-2H3. The molecular formula is C13H23N3OS. The number of aromatic nitrogens is 2. The quantitative estimate of drug-likeness (QED) is 0.889. The van der Waals surface area contributed by atoms with E-state index in [0.29, 0.717) is 11.8 Å². The van der Waals surface area contributed by atoms with E-state index in [2.05, 4.69) is 23.3 Å². The van der Waals surface area contributed by atoms with Crippen LogP contribution < -0.4 is 5.73 Å². The fraction of sp³-hybridized carbons (Fsp3) is 0.846. The molecule has 1 fully saturated rings. The zero-order valence-corrected chi connectivity index (χ0v) is 12.1. The highest BCUT2D eigenvalue weighted by Gasteiger charge is 2.25. The van der Waals surface area contributed by atoms with Gasteiger partial charge in [0.2, 0.25) is 5.89 Å². The molecule has 0 spiro atoms. The number of hydrogen-bond acceptors (Lipinski definition) is 5. The van der Waals surface area contributed by atoms with E-state index in [0.717, 1.165) is 23.9 Å². The molecule has 1 saturated carbocycles. The summed E-state index contributed by atoms with van der Waals surface area (Å²) in [6, 6.07) is -0.110. The van der Waals surface area contributed by atoms with Crippen LogP contribution >= 0.6 is 11.8 Å². The lowest BCUT2D eigenvalue weighted by atomic mass is 9.83. The van der Waals surface area contributed by atoms with Crippen molar-refractivity contribution in [3.05, 3.63) is 11.7 Å². The Kier molecular flexibility index (Phi) is 5.06. The van der Waals surface area contributed by atoms with E-state index in [4.69, 9.17) is 10.3 Å². The van der Waals surface area contributed by atoms with Crippen molar-refractivity contribution in [1.82, 2.24) is 10.1 Å². The van der Waals surface area contributed by atoms with Crippen molar-refractivity contribution in [2.45, 2.75) is 51.0 Å². The lowest BCUT2D eigenvalue weighted by molar-refractivity contribution is 0.318. The third kappa shape index (κ3) is 3.48. The Hall–Kier alpha value is -0.550. The molecule has 0 saturated heterocycles. The molecular weight excluding hydrogens is 246 g/mol. The van der Waals surface area contributed by atoms with Gasteiger partial charge in [0.05, 0.1) is 6.04 Å². The minimum absolute atomic E-state index is 0.110. The molecule has 5 heteroatoms. The summed E-state index contributed by atoms with van der Waals surface area (Å²) in [5.41, 5.74) is 6.04. The van der Waals surface area contributed by atoms with Gasteiger partial charge in [-0.25, -0.2) is 0 Å². The Balaban J connectivity index is 1.93.